The molecule has 2 rings (SSSR count). The van der Waals surface area contributed by atoms with Crippen LogP contribution in [-0.4, -0.2) is 52.6 Å². The fraction of sp³-hybridized carbons (Fsp3) is 0.400. The molecule has 0 unspecified atom stereocenters. The Kier molecular flexibility index (Phi) is 10.9. The van der Waals surface area contributed by atoms with Gasteiger partial charge < -0.3 is 25.6 Å². The molecule has 3 atom stereocenters. The first-order chi connectivity index (χ1) is 16.2. The van der Waals surface area contributed by atoms with E-state index in [-0.39, 0.29) is 25.4 Å². The standard InChI is InChI=1S/C25H32N2O6S/c1-16(2)13-21(24(30)31)26-23(29)22(28)20(14-17-9-11-19(34-3)12-10-17)27-25(32)33-15-18-7-5-4-6-8-18/h4-12,16,20-22,28H,13-15H2,1-3H3,(H,26,29)(H,27,32)(H,30,31)/t20-,21+,22-/m1/s1. The first-order valence-electron chi connectivity index (χ1n) is 11.0. The molecule has 0 radical (unpaired) electrons. The minimum absolute atomic E-state index is 0.0235. The number of rotatable bonds is 12. The molecule has 2 aromatic carbocycles. The lowest BCUT2D eigenvalue weighted by Gasteiger charge is -2.25. The van der Waals surface area contributed by atoms with Crippen LogP contribution in [0, 0.1) is 5.92 Å². The van der Waals surface area contributed by atoms with E-state index in [0.717, 1.165) is 16.0 Å². The van der Waals surface area contributed by atoms with Gasteiger partial charge in [-0.15, -0.1) is 11.8 Å². The summed E-state index contributed by atoms with van der Waals surface area (Å²) >= 11 is 1.58. The van der Waals surface area contributed by atoms with E-state index >= 15 is 0 Å². The number of carboxylic acid groups (broad SMARTS) is 1. The van der Waals surface area contributed by atoms with Gasteiger partial charge in [0.05, 0.1) is 6.04 Å². The summed E-state index contributed by atoms with van der Waals surface area (Å²) in [4.78, 5) is 37.7. The van der Waals surface area contributed by atoms with Crippen molar-refractivity contribution in [1.82, 2.24) is 10.6 Å². The zero-order valence-corrected chi connectivity index (χ0v) is 20.4. The van der Waals surface area contributed by atoms with Gasteiger partial charge in [-0.25, -0.2) is 9.59 Å². The van der Waals surface area contributed by atoms with Crippen LogP contribution in [0.2, 0.25) is 0 Å². The molecule has 4 N–H and O–H groups in total. The average molecular weight is 489 g/mol. The van der Waals surface area contributed by atoms with Gasteiger partial charge in [-0.05, 0) is 48.3 Å². The van der Waals surface area contributed by atoms with Gasteiger partial charge in [-0.3, -0.25) is 4.79 Å². The quantitative estimate of drug-likeness (QED) is 0.338. The lowest BCUT2D eigenvalue weighted by Crippen LogP contribution is -2.54. The number of amides is 2. The second kappa shape index (κ2) is 13.6. The van der Waals surface area contributed by atoms with Crippen LogP contribution >= 0.6 is 11.8 Å². The molecule has 9 heteroatoms. The van der Waals surface area contributed by atoms with Gasteiger partial charge in [0, 0.05) is 4.90 Å². The van der Waals surface area contributed by atoms with Crippen molar-refractivity contribution in [3.05, 3.63) is 65.7 Å². The summed E-state index contributed by atoms with van der Waals surface area (Å²) in [6.07, 6.45) is -0.171. The molecule has 0 saturated heterocycles. The van der Waals surface area contributed by atoms with E-state index in [1.807, 2.05) is 62.6 Å². The maximum Gasteiger partial charge on any atom is 0.407 e. The molecule has 2 amide bonds. The highest BCUT2D eigenvalue weighted by atomic mass is 32.2. The molecule has 0 heterocycles. The number of aliphatic hydroxyl groups is 1. The Balaban J connectivity index is 2.12. The van der Waals surface area contributed by atoms with Crippen LogP contribution in [0.4, 0.5) is 4.79 Å². The summed E-state index contributed by atoms with van der Waals surface area (Å²) in [6.45, 7) is 3.70. The van der Waals surface area contributed by atoms with E-state index in [1.165, 1.54) is 0 Å². The lowest BCUT2D eigenvalue weighted by atomic mass is 9.99. The maximum absolute atomic E-state index is 12.7. The van der Waals surface area contributed by atoms with Crippen molar-refractivity contribution in [2.45, 2.75) is 56.4 Å². The van der Waals surface area contributed by atoms with Crippen LogP contribution in [0.1, 0.15) is 31.4 Å². The number of benzene rings is 2. The number of carboxylic acids is 1. The molecule has 2 aromatic rings. The fourth-order valence-corrected chi connectivity index (χ4v) is 3.71. The van der Waals surface area contributed by atoms with Gasteiger partial charge in [0.2, 0.25) is 0 Å². The number of carbonyl (C=O) groups excluding carboxylic acids is 2. The summed E-state index contributed by atoms with van der Waals surface area (Å²) in [5.74, 6) is -2.04. The second-order valence-corrected chi connectivity index (χ2v) is 9.22. The molecule has 0 spiro atoms. The maximum atomic E-state index is 12.7. The highest BCUT2D eigenvalue weighted by molar-refractivity contribution is 7.98. The summed E-state index contributed by atoms with van der Waals surface area (Å²) < 4.78 is 5.24. The Bertz CT molecular complexity index is 936. The SMILES string of the molecule is CSc1ccc(C[C@@H](NC(=O)OCc2ccccc2)[C@@H](O)C(=O)N[C@@H](CC(C)C)C(=O)O)cc1. The van der Waals surface area contributed by atoms with E-state index in [2.05, 4.69) is 10.6 Å². The van der Waals surface area contributed by atoms with Gasteiger partial charge in [0.15, 0.2) is 6.10 Å². The topological polar surface area (TPSA) is 125 Å². The Morgan fingerprint density at radius 1 is 0.971 bits per heavy atom. The van der Waals surface area contributed by atoms with E-state index in [1.54, 1.807) is 23.9 Å². The third-order valence-electron chi connectivity index (χ3n) is 5.10. The molecule has 0 fully saturated rings. The van der Waals surface area contributed by atoms with Crippen molar-refractivity contribution in [2.75, 3.05) is 6.26 Å². The Morgan fingerprint density at radius 2 is 1.62 bits per heavy atom. The number of hydrogen-bond donors (Lipinski definition) is 4. The van der Waals surface area contributed by atoms with Crippen molar-refractivity contribution in [3.8, 4) is 0 Å². The number of aliphatic hydroxyl groups excluding tert-OH is 1. The minimum Gasteiger partial charge on any atom is -0.480 e. The van der Waals surface area contributed by atoms with Crippen LogP contribution in [0.25, 0.3) is 0 Å². The first kappa shape index (κ1) is 27.2. The van der Waals surface area contributed by atoms with Crippen LogP contribution in [-0.2, 0) is 27.4 Å². The Labute approximate surface area is 204 Å². The Hall–Kier alpha value is -3.04. The molecular formula is C25H32N2O6S. The van der Waals surface area contributed by atoms with Gasteiger partial charge >= 0.3 is 12.1 Å². The molecule has 0 aromatic heterocycles. The van der Waals surface area contributed by atoms with Crippen molar-refractivity contribution in [1.29, 1.82) is 0 Å². The molecule has 0 aliphatic carbocycles. The summed E-state index contributed by atoms with van der Waals surface area (Å²) in [5, 5.41) is 25.1. The Morgan fingerprint density at radius 3 is 2.18 bits per heavy atom. The molecule has 0 saturated carbocycles. The van der Waals surface area contributed by atoms with E-state index in [9.17, 15) is 24.6 Å². The molecule has 184 valence electrons. The lowest BCUT2D eigenvalue weighted by molar-refractivity contribution is -0.144. The predicted molar refractivity (Wildman–Crippen MR) is 131 cm³/mol. The number of carbonyl (C=O) groups is 3. The average Bonchev–Trinajstić information content (AvgIpc) is 2.82. The third-order valence-corrected chi connectivity index (χ3v) is 5.85. The molecule has 8 nitrogen and oxygen atoms in total. The van der Waals surface area contributed by atoms with Crippen LogP contribution in [0.5, 0.6) is 0 Å². The molecule has 0 aliphatic rings. The number of nitrogens with one attached hydrogen (secondary N) is 2. The summed E-state index contributed by atoms with van der Waals surface area (Å²) in [7, 11) is 0. The number of ether oxygens (including phenoxy) is 1. The van der Waals surface area contributed by atoms with Gasteiger partial charge in [-0.2, -0.15) is 0 Å². The second-order valence-electron chi connectivity index (χ2n) is 8.34. The fourth-order valence-electron chi connectivity index (χ4n) is 3.31. The third kappa shape index (κ3) is 9.07. The molecule has 0 aliphatic heterocycles. The van der Waals surface area contributed by atoms with E-state index < -0.39 is 36.2 Å². The zero-order chi connectivity index (χ0) is 25.1. The van der Waals surface area contributed by atoms with Gasteiger partial charge in [0.25, 0.3) is 5.91 Å². The highest BCUT2D eigenvalue weighted by Crippen LogP contribution is 2.17. The van der Waals surface area contributed by atoms with Crippen LogP contribution in [0.15, 0.2) is 59.5 Å². The minimum atomic E-state index is -1.68. The van der Waals surface area contributed by atoms with Crippen LogP contribution < -0.4 is 10.6 Å². The normalized spacial score (nSPS) is 13.6. The number of aliphatic carboxylic acids is 1. The van der Waals surface area contributed by atoms with Crippen molar-refractivity contribution in [2.24, 2.45) is 5.92 Å². The monoisotopic (exact) mass is 488 g/mol. The van der Waals surface area contributed by atoms with Crippen LogP contribution in [0.3, 0.4) is 0 Å². The van der Waals surface area contributed by atoms with Gasteiger partial charge in [-0.1, -0.05) is 56.3 Å². The summed E-state index contributed by atoms with van der Waals surface area (Å²) in [5.41, 5.74) is 1.58. The van der Waals surface area contributed by atoms with Gasteiger partial charge in [0.1, 0.15) is 12.6 Å². The largest absolute Gasteiger partial charge is 0.480 e. The number of hydrogen-bond acceptors (Lipinski definition) is 6. The summed E-state index contributed by atoms with van der Waals surface area (Å²) in [6, 6.07) is 14.4. The number of alkyl carbamates (subject to hydrolysis) is 1. The smallest absolute Gasteiger partial charge is 0.407 e. The first-order valence-corrected chi connectivity index (χ1v) is 12.2. The number of thioether (sulfide) groups is 1. The zero-order valence-electron chi connectivity index (χ0n) is 19.6. The predicted octanol–water partition coefficient (Wildman–Crippen LogP) is 3.22. The van der Waals surface area contributed by atoms with E-state index in [0.29, 0.717) is 0 Å². The van der Waals surface area contributed by atoms with Crippen molar-refractivity contribution >= 4 is 29.7 Å². The molecule has 0 bridgehead atoms. The van der Waals surface area contributed by atoms with Crippen molar-refractivity contribution < 1.29 is 29.3 Å². The highest BCUT2D eigenvalue weighted by Gasteiger charge is 2.31. The molecular weight excluding hydrogens is 456 g/mol. The van der Waals surface area contributed by atoms with E-state index in [4.69, 9.17) is 4.74 Å². The van der Waals surface area contributed by atoms with Crippen molar-refractivity contribution in [3.63, 3.8) is 0 Å². The molecule has 34 heavy (non-hydrogen) atoms.